The van der Waals surface area contributed by atoms with E-state index in [9.17, 15) is 9.90 Å². The molecule has 1 amide bonds. The summed E-state index contributed by atoms with van der Waals surface area (Å²) in [6.07, 6.45) is 14.9. The van der Waals surface area contributed by atoms with Gasteiger partial charge in [0.15, 0.2) is 0 Å². The minimum atomic E-state index is -0.0478. The Morgan fingerprint density at radius 1 is 1.00 bits per heavy atom. The van der Waals surface area contributed by atoms with Gasteiger partial charge in [0, 0.05) is 6.54 Å². The number of aliphatic hydroxyl groups is 1. The van der Waals surface area contributed by atoms with E-state index in [0.29, 0.717) is 10.8 Å². The Hall–Kier alpha value is -0.570. The van der Waals surface area contributed by atoms with Crippen LogP contribution in [-0.4, -0.2) is 24.2 Å². The van der Waals surface area contributed by atoms with Crippen molar-refractivity contribution in [3.63, 3.8) is 0 Å². The van der Waals surface area contributed by atoms with E-state index < -0.39 is 0 Å². The number of carbonyl (C=O) groups is 1. The highest BCUT2D eigenvalue weighted by molar-refractivity contribution is 5.45. The normalized spacial score (nSPS) is 50.4. The minimum absolute atomic E-state index is 0.0478. The van der Waals surface area contributed by atoms with Crippen LogP contribution in [0.4, 0.5) is 0 Å². The van der Waals surface area contributed by atoms with Crippen LogP contribution >= 0.6 is 0 Å². The summed E-state index contributed by atoms with van der Waals surface area (Å²) in [4.78, 5) is 10.5. The highest BCUT2D eigenvalue weighted by Crippen LogP contribution is 2.69. The van der Waals surface area contributed by atoms with Crippen LogP contribution in [0.15, 0.2) is 0 Å². The molecule has 0 saturated heterocycles. The van der Waals surface area contributed by atoms with E-state index in [1.807, 2.05) is 0 Å². The summed E-state index contributed by atoms with van der Waals surface area (Å²) in [6.45, 7) is 8.47. The number of amides is 1. The monoisotopic (exact) mass is 389 g/mol. The number of hydrogen-bond acceptors (Lipinski definition) is 2. The van der Waals surface area contributed by atoms with Gasteiger partial charge in [-0.15, -0.1) is 0 Å². The molecule has 0 spiro atoms. The van der Waals surface area contributed by atoms with Crippen LogP contribution < -0.4 is 5.32 Å². The molecule has 5 unspecified atom stereocenters. The fourth-order valence-corrected chi connectivity index (χ4v) is 9.03. The highest BCUT2D eigenvalue weighted by Gasteiger charge is 2.61. The lowest BCUT2D eigenvalue weighted by Gasteiger charge is -2.63. The molecule has 4 fully saturated rings. The Kier molecular flexibility index (Phi) is 5.86. The largest absolute Gasteiger partial charge is 0.393 e. The SMILES string of the molecule is CC[C@H]1CC2C3CC[C@H](CCCNC=O)C3(C)CC[C@@H]2C2(C)CC[C@@H](O)CC12. The first-order chi connectivity index (χ1) is 13.4. The van der Waals surface area contributed by atoms with E-state index in [1.165, 1.54) is 51.4 Å². The van der Waals surface area contributed by atoms with Crippen LogP contribution in [0.5, 0.6) is 0 Å². The Balaban J connectivity index is 1.52. The summed E-state index contributed by atoms with van der Waals surface area (Å²) in [5.74, 6) is 5.14. The molecule has 0 aromatic rings. The smallest absolute Gasteiger partial charge is 0.207 e. The summed E-state index contributed by atoms with van der Waals surface area (Å²) in [6, 6.07) is 0. The molecule has 4 aliphatic carbocycles. The molecule has 3 heteroatoms. The van der Waals surface area contributed by atoms with Crippen molar-refractivity contribution in [3.8, 4) is 0 Å². The van der Waals surface area contributed by atoms with Crippen LogP contribution in [0.1, 0.15) is 91.4 Å². The highest BCUT2D eigenvalue weighted by atomic mass is 16.3. The van der Waals surface area contributed by atoms with Gasteiger partial charge in [-0.25, -0.2) is 0 Å². The van der Waals surface area contributed by atoms with Crippen molar-refractivity contribution in [2.24, 2.45) is 46.3 Å². The summed E-state index contributed by atoms with van der Waals surface area (Å²) in [5.41, 5.74) is 0.994. The second kappa shape index (κ2) is 7.93. The lowest BCUT2D eigenvalue weighted by atomic mass is 9.42. The molecule has 2 N–H and O–H groups in total. The zero-order valence-electron chi connectivity index (χ0n) is 18.5. The third-order valence-electron chi connectivity index (χ3n) is 10.5. The summed E-state index contributed by atoms with van der Waals surface area (Å²) >= 11 is 0. The molecule has 4 aliphatic rings. The Labute approximate surface area is 172 Å². The molecule has 0 heterocycles. The van der Waals surface area contributed by atoms with E-state index in [0.717, 1.165) is 67.7 Å². The second-order valence-corrected chi connectivity index (χ2v) is 11.4. The van der Waals surface area contributed by atoms with E-state index in [-0.39, 0.29) is 6.10 Å². The number of hydrogen-bond donors (Lipinski definition) is 2. The van der Waals surface area contributed by atoms with Crippen LogP contribution in [0.3, 0.4) is 0 Å². The van der Waals surface area contributed by atoms with Crippen molar-refractivity contribution < 1.29 is 9.90 Å². The fourth-order valence-electron chi connectivity index (χ4n) is 9.03. The van der Waals surface area contributed by atoms with Gasteiger partial charge in [-0.2, -0.15) is 0 Å². The average Bonchev–Trinajstić information content (AvgIpc) is 3.02. The molecular formula is C25H43NO2. The van der Waals surface area contributed by atoms with E-state index in [1.54, 1.807) is 0 Å². The van der Waals surface area contributed by atoms with E-state index >= 15 is 0 Å². The van der Waals surface area contributed by atoms with Crippen molar-refractivity contribution in [1.29, 1.82) is 0 Å². The maximum atomic E-state index is 10.5. The fraction of sp³-hybridized carbons (Fsp3) is 0.960. The third-order valence-corrected chi connectivity index (χ3v) is 10.5. The van der Waals surface area contributed by atoms with E-state index in [2.05, 4.69) is 26.1 Å². The molecule has 0 aromatic heterocycles. The van der Waals surface area contributed by atoms with Crippen LogP contribution in [0, 0.1) is 46.3 Å². The summed E-state index contributed by atoms with van der Waals surface area (Å²) in [7, 11) is 0. The first-order valence-corrected chi connectivity index (χ1v) is 12.3. The van der Waals surface area contributed by atoms with E-state index in [4.69, 9.17) is 0 Å². The lowest BCUT2D eigenvalue weighted by Crippen LogP contribution is -2.56. The lowest BCUT2D eigenvalue weighted by molar-refractivity contribution is -0.150. The van der Waals surface area contributed by atoms with Crippen LogP contribution in [0.25, 0.3) is 0 Å². The van der Waals surface area contributed by atoms with Crippen molar-refractivity contribution in [2.45, 2.75) is 97.5 Å². The standard InChI is InChI=1S/C25H43NO2/c1-4-17-14-20-21-8-7-18(6-5-13-26-16-27)24(21,2)12-10-22(20)25(3)11-9-19(28)15-23(17)25/h16-23,28H,4-15H2,1-3H3,(H,26,27)/t17-,18-,19+,20?,21?,22-,23?,24?,25?/m0/s1. The van der Waals surface area contributed by atoms with Crippen LogP contribution in [-0.2, 0) is 4.79 Å². The van der Waals surface area contributed by atoms with Gasteiger partial charge in [-0.3, -0.25) is 4.79 Å². The minimum Gasteiger partial charge on any atom is -0.393 e. The first-order valence-electron chi connectivity index (χ1n) is 12.3. The molecular weight excluding hydrogens is 346 g/mol. The molecule has 0 aromatic carbocycles. The summed E-state index contributed by atoms with van der Waals surface area (Å²) < 4.78 is 0. The Morgan fingerprint density at radius 2 is 1.75 bits per heavy atom. The number of rotatable bonds is 6. The quantitative estimate of drug-likeness (QED) is 0.486. The number of nitrogens with one attached hydrogen (secondary N) is 1. The Morgan fingerprint density at radius 3 is 2.50 bits per heavy atom. The zero-order valence-corrected chi connectivity index (χ0v) is 18.5. The predicted molar refractivity (Wildman–Crippen MR) is 114 cm³/mol. The van der Waals surface area contributed by atoms with Gasteiger partial charge in [-0.05, 0) is 111 Å². The van der Waals surface area contributed by atoms with Crippen molar-refractivity contribution >= 4 is 6.41 Å². The molecule has 4 rings (SSSR count). The van der Waals surface area contributed by atoms with Gasteiger partial charge in [0.1, 0.15) is 0 Å². The molecule has 0 bridgehead atoms. The maximum absolute atomic E-state index is 10.5. The first kappa shape index (κ1) is 20.7. The van der Waals surface area contributed by atoms with Crippen LogP contribution in [0.2, 0.25) is 0 Å². The molecule has 4 saturated carbocycles. The second-order valence-electron chi connectivity index (χ2n) is 11.4. The van der Waals surface area contributed by atoms with Gasteiger partial charge in [0.25, 0.3) is 0 Å². The zero-order chi connectivity index (χ0) is 19.9. The number of aliphatic hydroxyl groups excluding tert-OH is 1. The molecule has 0 aliphatic heterocycles. The number of carbonyl (C=O) groups excluding carboxylic acids is 1. The van der Waals surface area contributed by atoms with Gasteiger partial charge >= 0.3 is 0 Å². The Bertz CT molecular complexity index is 565. The average molecular weight is 390 g/mol. The predicted octanol–water partition coefficient (Wildman–Crippen LogP) is 5.17. The van der Waals surface area contributed by atoms with Crippen molar-refractivity contribution in [2.75, 3.05) is 6.54 Å². The number of fused-ring (bicyclic) bond motifs is 5. The molecule has 3 nitrogen and oxygen atoms in total. The van der Waals surface area contributed by atoms with Gasteiger partial charge in [0.2, 0.25) is 6.41 Å². The van der Waals surface area contributed by atoms with Gasteiger partial charge < -0.3 is 10.4 Å². The van der Waals surface area contributed by atoms with Gasteiger partial charge in [-0.1, -0.05) is 27.2 Å². The van der Waals surface area contributed by atoms with Crippen molar-refractivity contribution in [3.05, 3.63) is 0 Å². The topological polar surface area (TPSA) is 49.3 Å². The third kappa shape index (κ3) is 3.24. The summed E-state index contributed by atoms with van der Waals surface area (Å²) in [5, 5.41) is 13.2. The molecule has 9 atom stereocenters. The molecule has 160 valence electrons. The van der Waals surface area contributed by atoms with Crippen molar-refractivity contribution in [1.82, 2.24) is 5.32 Å². The van der Waals surface area contributed by atoms with Gasteiger partial charge in [0.05, 0.1) is 6.10 Å². The molecule has 0 radical (unpaired) electrons. The maximum Gasteiger partial charge on any atom is 0.207 e. The molecule has 28 heavy (non-hydrogen) atoms.